The lowest BCUT2D eigenvalue weighted by atomic mass is 9.96. The number of hydrogen-bond donors (Lipinski definition) is 0. The zero-order valence-electron chi connectivity index (χ0n) is 40.7. The molecule has 354 valence electrons. The zero-order chi connectivity index (χ0) is 49.8. The van der Waals surface area contributed by atoms with Gasteiger partial charge in [-0.15, -0.1) is 11.3 Å². The molecule has 6 nitrogen and oxygen atoms in total. The first-order valence-corrected chi connectivity index (χ1v) is 26.4. The Morgan fingerprint density at radius 1 is 0.329 bits per heavy atom. The lowest BCUT2D eigenvalue weighted by Gasteiger charge is -2.15. The third-order valence-corrected chi connectivity index (χ3v) is 16.3. The molecule has 0 aliphatic carbocycles. The molecule has 0 unspecified atom stereocenters. The van der Waals surface area contributed by atoms with E-state index in [-0.39, 0.29) is 0 Å². The van der Waals surface area contributed by atoms with E-state index in [1.54, 1.807) is 0 Å². The van der Waals surface area contributed by atoms with Crippen LogP contribution in [0.2, 0.25) is 0 Å². The topological polar surface area (TPSA) is 61.7 Å². The number of hydrogen-bond acceptors (Lipinski definition) is 5. The minimum absolute atomic E-state index is 0.562. The molecule has 0 saturated heterocycles. The Labute approximate surface area is 439 Å². The summed E-state index contributed by atoms with van der Waals surface area (Å²) in [5.41, 5.74) is 15.2. The highest BCUT2D eigenvalue weighted by Gasteiger charge is 2.28. The smallest absolute Gasteiger partial charge is 0.164 e. The summed E-state index contributed by atoms with van der Waals surface area (Å²) in [7, 11) is 0. The number of para-hydroxylation sites is 4. The molecule has 0 saturated carbocycles. The molecule has 7 heteroatoms. The van der Waals surface area contributed by atoms with Gasteiger partial charge in [-0.3, -0.25) is 0 Å². The van der Waals surface area contributed by atoms with E-state index in [0.29, 0.717) is 17.5 Å². The standard InChI is InChI=1S/C69H41N5OS/c1-4-18-42(19-5-1)43-32-34-45(35-33-43)68-70-67(44-20-6-2-7-21-44)71-69(72-68)52-37-38-58(66-62(52)51-27-12-16-30-59(51)75-66)74-57-29-15-11-26-50(57)63-64(74)53(46-36-39-61-54(40-46)49-25-13-17-31-60(49)76-61)41-55-48-24-10-14-28-56(48)73(65(55)63)47-22-8-3-9-23-47/h1-41H. The Bertz CT molecular complexity index is 4980. The van der Waals surface area contributed by atoms with Crippen molar-refractivity contribution in [2.45, 2.75) is 0 Å². The van der Waals surface area contributed by atoms with E-state index in [4.69, 9.17) is 19.4 Å². The fourth-order valence-electron chi connectivity index (χ4n) is 11.8. The van der Waals surface area contributed by atoms with Crippen molar-refractivity contribution >= 4 is 97.1 Å². The molecule has 0 aliphatic rings. The first-order valence-electron chi connectivity index (χ1n) is 25.6. The molecule has 76 heavy (non-hydrogen) atoms. The number of thiophene rings is 1. The summed E-state index contributed by atoms with van der Waals surface area (Å²) in [6, 6.07) is 88.5. The van der Waals surface area contributed by atoms with Crippen LogP contribution in [0.25, 0.3) is 154 Å². The van der Waals surface area contributed by atoms with Crippen molar-refractivity contribution in [1.82, 2.24) is 24.1 Å². The molecule has 11 aromatic carbocycles. The van der Waals surface area contributed by atoms with E-state index in [1.807, 2.05) is 41.7 Å². The van der Waals surface area contributed by atoms with Crippen LogP contribution >= 0.6 is 11.3 Å². The van der Waals surface area contributed by atoms with Gasteiger partial charge in [0.2, 0.25) is 0 Å². The summed E-state index contributed by atoms with van der Waals surface area (Å²) in [6.07, 6.45) is 0. The van der Waals surface area contributed by atoms with Gasteiger partial charge < -0.3 is 13.6 Å². The third-order valence-electron chi connectivity index (χ3n) is 15.2. The molecular formula is C69H41N5OS. The average molecular weight is 988 g/mol. The van der Waals surface area contributed by atoms with Crippen molar-refractivity contribution < 1.29 is 4.42 Å². The van der Waals surface area contributed by atoms with Crippen LogP contribution in [0.1, 0.15) is 0 Å². The third kappa shape index (κ3) is 6.49. The summed E-state index contributed by atoms with van der Waals surface area (Å²) in [4.78, 5) is 15.8. The fraction of sp³-hybridized carbons (Fsp3) is 0. The molecule has 0 fully saturated rings. The minimum Gasteiger partial charge on any atom is -0.454 e. The normalized spacial score (nSPS) is 11.9. The van der Waals surface area contributed by atoms with E-state index in [1.165, 1.54) is 36.3 Å². The van der Waals surface area contributed by atoms with E-state index >= 15 is 0 Å². The molecule has 0 amide bonds. The molecule has 0 spiro atoms. The first-order chi connectivity index (χ1) is 37.7. The summed E-state index contributed by atoms with van der Waals surface area (Å²) < 4.78 is 14.7. The Kier molecular flexibility index (Phi) is 9.40. The van der Waals surface area contributed by atoms with Crippen LogP contribution in [-0.4, -0.2) is 24.1 Å². The zero-order valence-corrected chi connectivity index (χ0v) is 41.5. The fourth-order valence-corrected chi connectivity index (χ4v) is 12.9. The molecule has 5 aromatic heterocycles. The lowest BCUT2D eigenvalue weighted by molar-refractivity contribution is 0.666. The second-order valence-electron chi connectivity index (χ2n) is 19.4. The Balaban J connectivity index is 1.01. The number of aromatic nitrogens is 5. The lowest BCUT2D eigenvalue weighted by Crippen LogP contribution is -2.01. The van der Waals surface area contributed by atoms with Gasteiger partial charge in [0.1, 0.15) is 5.58 Å². The van der Waals surface area contributed by atoms with Crippen molar-refractivity contribution in [2.24, 2.45) is 0 Å². The van der Waals surface area contributed by atoms with Gasteiger partial charge in [-0.25, -0.2) is 15.0 Å². The average Bonchev–Trinajstić information content (AvgIpc) is 4.35. The van der Waals surface area contributed by atoms with Gasteiger partial charge in [0.15, 0.2) is 23.1 Å². The summed E-state index contributed by atoms with van der Waals surface area (Å²) in [5.74, 6) is 1.75. The van der Waals surface area contributed by atoms with E-state index in [2.05, 4.69) is 228 Å². The highest BCUT2D eigenvalue weighted by Crippen LogP contribution is 2.49. The number of furan rings is 1. The van der Waals surface area contributed by atoms with Gasteiger partial charge in [-0.1, -0.05) is 182 Å². The molecule has 0 N–H and O–H groups in total. The quantitative estimate of drug-likeness (QED) is 0.160. The largest absolute Gasteiger partial charge is 0.454 e. The van der Waals surface area contributed by atoms with E-state index in [0.717, 1.165) is 99.7 Å². The van der Waals surface area contributed by atoms with Crippen molar-refractivity contribution in [2.75, 3.05) is 0 Å². The Morgan fingerprint density at radius 3 is 1.64 bits per heavy atom. The maximum Gasteiger partial charge on any atom is 0.164 e. The Morgan fingerprint density at radius 2 is 0.882 bits per heavy atom. The van der Waals surface area contributed by atoms with Gasteiger partial charge >= 0.3 is 0 Å². The SMILES string of the molecule is c1ccc(-c2ccc(-c3nc(-c4ccccc4)nc(-c4ccc(-n5c6ccccc6c6c5c(-c5ccc7sc8ccccc8c7c5)cc5c7ccccc7n(-c7ccccc7)c56)c5oc6ccccc6c45)n3)cc2)cc1. The molecule has 0 bridgehead atoms. The minimum atomic E-state index is 0.562. The molecule has 0 aliphatic heterocycles. The number of benzene rings is 11. The van der Waals surface area contributed by atoms with Gasteiger partial charge in [-0.2, -0.15) is 0 Å². The monoisotopic (exact) mass is 987 g/mol. The summed E-state index contributed by atoms with van der Waals surface area (Å²) in [6.45, 7) is 0. The molecule has 5 heterocycles. The van der Waals surface area contributed by atoms with Crippen LogP contribution in [0.5, 0.6) is 0 Å². The predicted octanol–water partition coefficient (Wildman–Crippen LogP) is 18.7. The molecular weight excluding hydrogens is 947 g/mol. The van der Waals surface area contributed by atoms with Crippen molar-refractivity contribution in [3.05, 3.63) is 249 Å². The second kappa shape index (κ2) is 16.8. The number of fused-ring (bicyclic) bond motifs is 13. The summed E-state index contributed by atoms with van der Waals surface area (Å²) in [5, 5.41) is 9.14. The first kappa shape index (κ1) is 42.5. The number of nitrogens with zero attached hydrogens (tertiary/aromatic N) is 5. The highest BCUT2D eigenvalue weighted by molar-refractivity contribution is 7.25. The van der Waals surface area contributed by atoms with Crippen LogP contribution in [0.4, 0.5) is 0 Å². The maximum absolute atomic E-state index is 7.23. The second-order valence-corrected chi connectivity index (χ2v) is 20.5. The van der Waals surface area contributed by atoms with Gasteiger partial charge in [0, 0.05) is 80.4 Å². The summed E-state index contributed by atoms with van der Waals surface area (Å²) >= 11 is 1.84. The van der Waals surface area contributed by atoms with Crippen molar-refractivity contribution in [3.63, 3.8) is 0 Å². The van der Waals surface area contributed by atoms with Crippen molar-refractivity contribution in [3.8, 4) is 67.8 Å². The highest BCUT2D eigenvalue weighted by atomic mass is 32.1. The maximum atomic E-state index is 7.23. The Hall–Kier alpha value is -9.95. The van der Waals surface area contributed by atoms with Gasteiger partial charge in [-0.05, 0) is 83.4 Å². The molecule has 16 aromatic rings. The van der Waals surface area contributed by atoms with Crippen molar-refractivity contribution in [1.29, 1.82) is 0 Å². The van der Waals surface area contributed by atoms with Crippen LogP contribution in [0.3, 0.4) is 0 Å². The van der Waals surface area contributed by atoms with Crippen LogP contribution in [0, 0.1) is 0 Å². The van der Waals surface area contributed by atoms with Crippen LogP contribution in [-0.2, 0) is 0 Å². The van der Waals surface area contributed by atoms with Gasteiger partial charge in [0.25, 0.3) is 0 Å². The van der Waals surface area contributed by atoms with Gasteiger partial charge in [0.05, 0.1) is 27.8 Å². The molecule has 0 radical (unpaired) electrons. The van der Waals surface area contributed by atoms with Crippen LogP contribution < -0.4 is 0 Å². The van der Waals surface area contributed by atoms with E-state index < -0.39 is 0 Å². The van der Waals surface area contributed by atoms with E-state index in [9.17, 15) is 0 Å². The predicted molar refractivity (Wildman–Crippen MR) is 316 cm³/mol. The number of rotatable bonds is 7. The van der Waals surface area contributed by atoms with Crippen LogP contribution in [0.15, 0.2) is 253 Å². The molecule has 0 atom stereocenters. The molecule has 16 rings (SSSR count).